The number of amides is 1. The number of piperazine rings is 1. The molecule has 1 fully saturated rings. The van der Waals surface area contributed by atoms with Crippen LogP contribution in [-0.2, 0) is 0 Å². The van der Waals surface area contributed by atoms with Crippen LogP contribution in [0.4, 0.5) is 4.39 Å². The van der Waals surface area contributed by atoms with Crippen LogP contribution < -0.4 is 5.32 Å². The molecule has 0 aliphatic carbocycles. The van der Waals surface area contributed by atoms with Gasteiger partial charge in [-0.15, -0.1) is 0 Å². The number of carbonyl (C=O) groups excluding carboxylic acids is 1. The lowest BCUT2D eigenvalue weighted by molar-refractivity contribution is 0.0644. The van der Waals surface area contributed by atoms with Gasteiger partial charge in [-0.25, -0.2) is 4.39 Å². The number of aromatic hydroxyl groups is 1. The molecule has 0 aromatic heterocycles. The molecule has 1 heterocycles. The molecule has 1 aliphatic heterocycles. The second kappa shape index (κ2) is 4.57. The topological polar surface area (TPSA) is 52.6 Å². The second-order valence-electron chi connectivity index (χ2n) is 5.17. The molecule has 98 valence electrons. The summed E-state index contributed by atoms with van der Waals surface area (Å²) in [6.07, 6.45) is 0. The van der Waals surface area contributed by atoms with Crippen molar-refractivity contribution >= 4 is 5.91 Å². The molecule has 18 heavy (non-hydrogen) atoms. The Hall–Kier alpha value is -1.62. The molecule has 0 radical (unpaired) electrons. The Morgan fingerprint density at radius 3 is 2.83 bits per heavy atom. The van der Waals surface area contributed by atoms with Crippen LogP contribution in [0.25, 0.3) is 0 Å². The molecule has 0 spiro atoms. The summed E-state index contributed by atoms with van der Waals surface area (Å²) in [5.74, 6) is -1.45. The smallest absolute Gasteiger partial charge is 0.260 e. The van der Waals surface area contributed by atoms with Crippen molar-refractivity contribution in [3.63, 3.8) is 0 Å². The van der Waals surface area contributed by atoms with Gasteiger partial charge in [-0.1, -0.05) is 6.07 Å². The molecule has 5 heteroatoms. The summed E-state index contributed by atoms with van der Waals surface area (Å²) in [6, 6.07) is 3.88. The van der Waals surface area contributed by atoms with Crippen molar-refractivity contribution in [2.75, 3.05) is 19.6 Å². The van der Waals surface area contributed by atoms with Crippen LogP contribution in [0.2, 0.25) is 0 Å². The lowest BCUT2D eigenvalue weighted by Crippen LogP contribution is -2.58. The second-order valence-corrected chi connectivity index (χ2v) is 5.17. The highest BCUT2D eigenvalue weighted by Gasteiger charge is 2.31. The van der Waals surface area contributed by atoms with Crippen LogP contribution in [0.1, 0.15) is 24.2 Å². The molecule has 0 unspecified atom stereocenters. The largest absolute Gasteiger partial charge is 0.507 e. The molecular weight excluding hydrogens is 235 g/mol. The van der Waals surface area contributed by atoms with E-state index in [1.807, 2.05) is 13.8 Å². The molecule has 2 N–H and O–H groups in total. The Balaban J connectivity index is 2.26. The quantitative estimate of drug-likeness (QED) is 0.793. The zero-order chi connectivity index (χ0) is 13.3. The maximum atomic E-state index is 13.6. The van der Waals surface area contributed by atoms with Gasteiger partial charge in [-0.3, -0.25) is 4.79 Å². The van der Waals surface area contributed by atoms with Crippen LogP contribution in [-0.4, -0.2) is 41.1 Å². The fraction of sp³-hybridized carbons (Fsp3) is 0.462. The summed E-state index contributed by atoms with van der Waals surface area (Å²) in [5.41, 5.74) is -0.440. The van der Waals surface area contributed by atoms with Crippen LogP contribution >= 0.6 is 0 Å². The molecule has 1 aliphatic rings. The SMILES string of the molecule is CC1(C)CN(C(=O)c2c(O)cccc2F)CCN1. The Bertz CT molecular complexity index is 454. The molecular formula is C13H17FN2O2. The van der Waals surface area contributed by atoms with E-state index in [1.165, 1.54) is 18.2 Å². The van der Waals surface area contributed by atoms with Crippen molar-refractivity contribution in [2.45, 2.75) is 19.4 Å². The van der Waals surface area contributed by atoms with E-state index >= 15 is 0 Å². The highest BCUT2D eigenvalue weighted by Crippen LogP contribution is 2.23. The molecule has 1 aromatic carbocycles. The minimum atomic E-state index is -0.684. The molecule has 4 nitrogen and oxygen atoms in total. The first-order valence-corrected chi connectivity index (χ1v) is 5.92. The Morgan fingerprint density at radius 1 is 1.50 bits per heavy atom. The number of rotatable bonds is 1. The van der Waals surface area contributed by atoms with Gasteiger partial charge in [0.25, 0.3) is 5.91 Å². The number of hydrogen-bond donors (Lipinski definition) is 2. The molecule has 0 atom stereocenters. The number of phenols is 1. The summed E-state index contributed by atoms with van der Waals surface area (Å²) in [6.45, 7) is 5.62. The Labute approximate surface area is 105 Å². The van der Waals surface area contributed by atoms with Crippen LogP contribution in [0.15, 0.2) is 18.2 Å². The highest BCUT2D eigenvalue weighted by atomic mass is 19.1. The number of halogens is 1. The third-order valence-corrected chi connectivity index (χ3v) is 3.06. The van der Waals surface area contributed by atoms with Crippen molar-refractivity contribution in [1.82, 2.24) is 10.2 Å². The van der Waals surface area contributed by atoms with Crippen LogP contribution in [0, 0.1) is 5.82 Å². The third-order valence-electron chi connectivity index (χ3n) is 3.06. The van der Waals surface area contributed by atoms with Gasteiger partial charge in [0.05, 0.1) is 0 Å². The van der Waals surface area contributed by atoms with E-state index < -0.39 is 11.7 Å². The van der Waals surface area contributed by atoms with Gasteiger partial charge in [0.15, 0.2) is 0 Å². The van der Waals surface area contributed by atoms with E-state index in [1.54, 1.807) is 4.90 Å². The molecule has 0 bridgehead atoms. The van der Waals surface area contributed by atoms with Crippen molar-refractivity contribution in [1.29, 1.82) is 0 Å². The molecule has 2 rings (SSSR count). The Kier molecular flexibility index (Phi) is 3.26. The summed E-state index contributed by atoms with van der Waals surface area (Å²) in [4.78, 5) is 13.8. The summed E-state index contributed by atoms with van der Waals surface area (Å²) in [7, 11) is 0. The molecule has 1 amide bonds. The lowest BCUT2D eigenvalue weighted by atomic mass is 10.0. The van der Waals surface area contributed by atoms with Gasteiger partial charge >= 0.3 is 0 Å². The van der Waals surface area contributed by atoms with Crippen molar-refractivity contribution in [3.8, 4) is 5.75 Å². The predicted octanol–water partition coefficient (Wildman–Crippen LogP) is 1.36. The van der Waals surface area contributed by atoms with Crippen LogP contribution in [0.3, 0.4) is 0 Å². The zero-order valence-corrected chi connectivity index (χ0v) is 10.5. The van der Waals surface area contributed by atoms with E-state index in [9.17, 15) is 14.3 Å². The summed E-state index contributed by atoms with van der Waals surface area (Å²) in [5, 5.41) is 12.9. The predicted molar refractivity (Wildman–Crippen MR) is 66.1 cm³/mol. The maximum absolute atomic E-state index is 13.6. The monoisotopic (exact) mass is 252 g/mol. The number of nitrogens with zero attached hydrogens (tertiary/aromatic N) is 1. The van der Waals surface area contributed by atoms with Crippen LogP contribution in [0.5, 0.6) is 5.75 Å². The number of hydrogen-bond acceptors (Lipinski definition) is 3. The fourth-order valence-corrected chi connectivity index (χ4v) is 2.20. The fourth-order valence-electron chi connectivity index (χ4n) is 2.20. The number of nitrogens with one attached hydrogen (secondary N) is 1. The minimum absolute atomic E-state index is 0.200. The first kappa shape index (κ1) is 12.8. The standard InChI is InChI=1S/C13H17FN2O2/c1-13(2)8-16(7-6-15-13)12(18)11-9(14)4-3-5-10(11)17/h3-5,15,17H,6-8H2,1-2H3. The first-order chi connectivity index (χ1) is 8.41. The molecule has 1 aromatic rings. The van der Waals surface area contributed by atoms with Gasteiger partial charge < -0.3 is 15.3 Å². The molecule has 0 saturated carbocycles. The van der Waals surface area contributed by atoms with E-state index in [2.05, 4.69) is 5.32 Å². The van der Waals surface area contributed by atoms with Crippen molar-refractivity contribution in [3.05, 3.63) is 29.6 Å². The van der Waals surface area contributed by atoms with E-state index in [-0.39, 0.29) is 16.9 Å². The molecule has 1 saturated heterocycles. The average Bonchev–Trinajstić information content (AvgIpc) is 2.27. The third kappa shape index (κ3) is 2.46. The normalized spacial score (nSPS) is 18.7. The van der Waals surface area contributed by atoms with E-state index in [0.717, 1.165) is 0 Å². The summed E-state index contributed by atoms with van der Waals surface area (Å²) >= 11 is 0. The lowest BCUT2D eigenvalue weighted by Gasteiger charge is -2.39. The first-order valence-electron chi connectivity index (χ1n) is 5.92. The van der Waals surface area contributed by atoms with E-state index in [0.29, 0.717) is 19.6 Å². The zero-order valence-electron chi connectivity index (χ0n) is 10.5. The summed E-state index contributed by atoms with van der Waals surface area (Å²) < 4.78 is 13.6. The average molecular weight is 252 g/mol. The maximum Gasteiger partial charge on any atom is 0.260 e. The van der Waals surface area contributed by atoms with E-state index in [4.69, 9.17) is 0 Å². The van der Waals surface area contributed by atoms with Gasteiger partial charge in [-0.2, -0.15) is 0 Å². The number of carbonyl (C=O) groups is 1. The van der Waals surface area contributed by atoms with Gasteiger partial charge in [0.1, 0.15) is 17.1 Å². The van der Waals surface area contributed by atoms with Gasteiger partial charge in [-0.05, 0) is 26.0 Å². The van der Waals surface area contributed by atoms with Crippen molar-refractivity contribution in [2.24, 2.45) is 0 Å². The highest BCUT2D eigenvalue weighted by molar-refractivity contribution is 5.97. The van der Waals surface area contributed by atoms with Crippen molar-refractivity contribution < 1.29 is 14.3 Å². The number of benzene rings is 1. The number of phenolic OH excluding ortho intramolecular Hbond substituents is 1. The Morgan fingerprint density at radius 2 is 2.22 bits per heavy atom. The van der Waals surface area contributed by atoms with Gasteiger partial charge in [0.2, 0.25) is 0 Å². The van der Waals surface area contributed by atoms with Gasteiger partial charge in [0, 0.05) is 25.2 Å². The minimum Gasteiger partial charge on any atom is -0.507 e.